The van der Waals surface area contributed by atoms with Crippen molar-refractivity contribution >= 4 is 87.0 Å². The molecule has 0 spiro atoms. The van der Waals surface area contributed by atoms with Gasteiger partial charge in [-0.1, -0.05) is 0 Å². The Morgan fingerprint density at radius 1 is 0.321 bits per heavy atom. The number of nitrogens with zero attached hydrogens (tertiary/aromatic N) is 2. The molecular weight excluding hydrogens is 704 g/mol. The van der Waals surface area contributed by atoms with Crippen molar-refractivity contribution in [1.29, 1.82) is 0 Å². The van der Waals surface area contributed by atoms with Crippen molar-refractivity contribution in [3.63, 3.8) is 0 Å². The molecule has 5 heterocycles. The normalized spacial score (nSPS) is 12.2. The quantitative estimate of drug-likeness (QED) is 0.0901. The first-order valence-corrected chi connectivity index (χ1v) is 18.8. The van der Waals surface area contributed by atoms with E-state index in [0.717, 1.165) is 67.6 Å². The predicted octanol–water partition coefficient (Wildman–Crippen LogP) is 6.43. The Bertz CT molecular complexity index is 2270. The fourth-order valence-corrected chi connectivity index (χ4v) is 10.3. The number of aromatic amines is 2. The molecule has 53 heavy (non-hydrogen) atoms. The molecule has 3 aromatic heterocycles. The Labute approximate surface area is 309 Å². The Morgan fingerprint density at radius 3 is 0.774 bits per heavy atom. The molecule has 0 fully saturated rings. The second-order valence-corrected chi connectivity index (χ2v) is 16.0. The number of nitrogen functional groups attached to an aromatic ring is 4. The van der Waals surface area contributed by atoms with Crippen molar-refractivity contribution in [3.05, 3.63) is 168 Å². The molecule has 2 aliphatic rings. The molecule has 265 valence electrons. The molecule has 10 N–H and O–H groups in total. The molecule has 0 amide bonds. The van der Waals surface area contributed by atoms with Crippen LogP contribution in [0.1, 0.15) is 22.8 Å². The molecule has 8 nitrogen and oxygen atoms in total. The van der Waals surface area contributed by atoms with E-state index in [1.807, 2.05) is 97.1 Å². The molecule has 7 aromatic rings. The average Bonchev–Trinajstić information content (AvgIpc) is 3.99. The van der Waals surface area contributed by atoms with E-state index in [4.69, 9.17) is 22.9 Å². The molecule has 8 bridgehead atoms. The summed E-state index contributed by atoms with van der Waals surface area (Å²) < 4.78 is 4.67. The molecule has 9 heteroatoms. The number of benzene rings is 4. The number of hydrogen-bond acceptors (Lipinski definition) is 6. The van der Waals surface area contributed by atoms with E-state index in [2.05, 4.69) is 92.7 Å². The summed E-state index contributed by atoms with van der Waals surface area (Å²) in [5, 5.41) is 0. The number of H-pyrrole nitrogens is 2. The van der Waals surface area contributed by atoms with E-state index in [1.54, 1.807) is 0 Å². The minimum atomic E-state index is -1.72. The van der Waals surface area contributed by atoms with Crippen molar-refractivity contribution in [2.75, 3.05) is 22.9 Å². The summed E-state index contributed by atoms with van der Waals surface area (Å²) in [4.78, 5) is 16.0. The van der Waals surface area contributed by atoms with Crippen LogP contribution in [0.25, 0.3) is 46.4 Å². The number of rotatable bonds is 4. The standard InChI is InChI=1S/C20H14N4.4C6H6N.Cu/c1-2-14-10-16-5-6-18(23-16)12-20-8-7-19(24-20)11-17-4-3-15(22-17)9-13(1)21-14;4*7-6-4-2-1-3-5-6;/h1-12,21,24H;4*2-5H,7H2;. The van der Waals surface area contributed by atoms with Gasteiger partial charge in [0.25, 0.3) is 0 Å². The third-order valence-corrected chi connectivity index (χ3v) is 13.0. The topological polar surface area (TPSA) is 161 Å². The first-order chi connectivity index (χ1) is 25.8. The molecule has 0 atom stereocenters. The van der Waals surface area contributed by atoms with Gasteiger partial charge in [0.05, 0.1) is 22.8 Å². The van der Waals surface area contributed by atoms with E-state index >= 15 is 0 Å². The van der Waals surface area contributed by atoms with E-state index < -0.39 is 12.8 Å². The van der Waals surface area contributed by atoms with Crippen molar-refractivity contribution in [2.45, 2.75) is 0 Å². The molecule has 2 aliphatic heterocycles. The van der Waals surface area contributed by atoms with Gasteiger partial charge in [-0.3, -0.25) is 0 Å². The van der Waals surface area contributed by atoms with Crippen LogP contribution in [0.5, 0.6) is 0 Å². The summed E-state index contributed by atoms with van der Waals surface area (Å²) in [5.41, 5.74) is 34.8. The van der Waals surface area contributed by atoms with Gasteiger partial charge < -0.3 is 9.97 Å². The van der Waals surface area contributed by atoms with Gasteiger partial charge >= 0.3 is 173 Å². The van der Waals surface area contributed by atoms with E-state index in [1.165, 1.54) is 17.8 Å². The van der Waals surface area contributed by atoms with Crippen LogP contribution in [0.2, 0.25) is 0 Å². The molecule has 4 aromatic carbocycles. The van der Waals surface area contributed by atoms with Gasteiger partial charge in [0.2, 0.25) is 0 Å². The zero-order valence-corrected chi connectivity index (χ0v) is 29.6. The van der Waals surface area contributed by atoms with E-state index in [9.17, 15) is 0 Å². The van der Waals surface area contributed by atoms with Crippen LogP contribution in [0.15, 0.2) is 146 Å². The van der Waals surface area contributed by atoms with Crippen molar-refractivity contribution in [1.82, 2.24) is 19.9 Å². The molecule has 0 saturated heterocycles. The Morgan fingerprint density at radius 2 is 0.547 bits per heavy atom. The summed E-state index contributed by atoms with van der Waals surface area (Å²) in [5.74, 6) is 0. The number of fused-ring (bicyclic) bond motifs is 8. The number of nitrogens with one attached hydrogen (secondary N) is 2. The third-order valence-electron chi connectivity index (χ3n) is 8.46. The third kappa shape index (κ3) is 7.07. The summed E-state index contributed by atoms with van der Waals surface area (Å²) in [6.07, 6.45) is 8.09. The van der Waals surface area contributed by atoms with Crippen LogP contribution in [-0.4, -0.2) is 19.9 Å². The van der Waals surface area contributed by atoms with Gasteiger partial charge in [0, 0.05) is 22.1 Å². The van der Waals surface area contributed by atoms with Crippen molar-refractivity contribution in [3.8, 4) is 0 Å². The molecule has 0 aliphatic carbocycles. The van der Waals surface area contributed by atoms with Gasteiger partial charge in [0.15, 0.2) is 0 Å². The summed E-state index contributed by atoms with van der Waals surface area (Å²) in [7, 11) is 0. The fraction of sp³-hybridized carbons (Fsp3) is 0. The monoisotopic (exact) mass is 741 g/mol. The fourth-order valence-electron chi connectivity index (χ4n) is 5.95. The number of anilines is 4. The van der Waals surface area contributed by atoms with Gasteiger partial charge in [0.1, 0.15) is 0 Å². The Hall–Kier alpha value is -6.80. The van der Waals surface area contributed by atoms with Crippen LogP contribution in [0.3, 0.4) is 0 Å². The van der Waals surface area contributed by atoms with Crippen molar-refractivity contribution in [2.24, 2.45) is 0 Å². The number of aromatic nitrogens is 4. The first-order valence-electron chi connectivity index (χ1n) is 16.9. The van der Waals surface area contributed by atoms with E-state index in [0.29, 0.717) is 0 Å². The minimum absolute atomic E-state index is 0.730. The zero-order valence-electron chi connectivity index (χ0n) is 28.7. The predicted molar refractivity (Wildman–Crippen MR) is 221 cm³/mol. The maximum absolute atomic E-state index is 6.00. The molecule has 0 saturated carbocycles. The van der Waals surface area contributed by atoms with Crippen LogP contribution >= 0.6 is 0 Å². The zero-order chi connectivity index (χ0) is 36.4. The molecule has 0 unspecified atom stereocenters. The maximum atomic E-state index is 6.00. The number of nitrogens with two attached hydrogens (primary N) is 4. The number of hydrogen-bond donors (Lipinski definition) is 6. The van der Waals surface area contributed by atoms with Crippen LogP contribution in [0, 0.1) is 0 Å². The van der Waals surface area contributed by atoms with Crippen LogP contribution in [-0.2, 0) is 12.8 Å². The van der Waals surface area contributed by atoms with Gasteiger partial charge in [-0.05, 0) is 72.8 Å². The van der Waals surface area contributed by atoms with Crippen molar-refractivity contribution < 1.29 is 12.8 Å². The molecule has 9 rings (SSSR count). The molecular formula is C44H38CuN8. The second-order valence-electron chi connectivity index (χ2n) is 12.4. The summed E-state index contributed by atoms with van der Waals surface area (Å²) in [6.45, 7) is 0. The van der Waals surface area contributed by atoms with Crippen LogP contribution in [0.4, 0.5) is 22.7 Å². The van der Waals surface area contributed by atoms with E-state index in [-0.39, 0.29) is 0 Å². The second kappa shape index (κ2) is 14.1. The van der Waals surface area contributed by atoms with Gasteiger partial charge in [-0.2, -0.15) is 0 Å². The van der Waals surface area contributed by atoms with Crippen LogP contribution < -0.4 is 40.8 Å². The molecule has 0 radical (unpaired) electrons. The van der Waals surface area contributed by atoms with Gasteiger partial charge in [-0.25, -0.2) is 9.97 Å². The Balaban J connectivity index is 0.000000153. The van der Waals surface area contributed by atoms with Gasteiger partial charge in [-0.15, -0.1) is 0 Å². The summed E-state index contributed by atoms with van der Waals surface area (Å²) >= 11 is -1.72. The Kier molecular flexibility index (Phi) is 8.86. The SMILES string of the molecule is C1=Cc2cc3ccc(cc4nc(cc5ccc(cc1n2)[nH]5)C=C4)[nH]3.Nc1cc[c]([Cu]([c]2ccc(N)cc2)([c]2ccc(N)cc2)[c]2ccc(N)cc2)cc1. The first kappa shape index (κ1) is 33.3. The summed E-state index contributed by atoms with van der Waals surface area (Å²) in [6, 6.07) is 48.8. The average molecular weight is 742 g/mol.